The monoisotopic (exact) mass is 360 g/mol. The number of aryl methyl sites for hydroxylation is 2. The Morgan fingerprint density at radius 3 is 2.42 bits per heavy atom. The summed E-state index contributed by atoms with van der Waals surface area (Å²) in [6.45, 7) is 12.3. The van der Waals surface area contributed by atoms with Gasteiger partial charge < -0.3 is 10.1 Å². The van der Waals surface area contributed by atoms with Gasteiger partial charge in [0.25, 0.3) is 0 Å². The number of benzene rings is 1. The SMILES string of the molecule is CNC(=O)C1CN(Cc2c(C)cc(OCCCCCC(C)C)cc2C)C1. The van der Waals surface area contributed by atoms with Crippen LogP contribution in [-0.2, 0) is 11.3 Å². The van der Waals surface area contributed by atoms with Crippen LogP contribution in [0.25, 0.3) is 0 Å². The van der Waals surface area contributed by atoms with E-state index in [0.29, 0.717) is 0 Å². The Bertz CT molecular complexity index is 569. The first-order valence-electron chi connectivity index (χ1n) is 10.1. The van der Waals surface area contributed by atoms with Crippen molar-refractivity contribution >= 4 is 5.91 Å². The van der Waals surface area contributed by atoms with Gasteiger partial charge in [-0.1, -0.05) is 33.1 Å². The predicted octanol–water partition coefficient (Wildman–Crippen LogP) is 4.08. The minimum absolute atomic E-state index is 0.152. The highest BCUT2D eigenvalue weighted by Crippen LogP contribution is 2.26. The molecule has 1 aromatic carbocycles. The molecule has 146 valence electrons. The van der Waals surface area contributed by atoms with E-state index in [4.69, 9.17) is 4.74 Å². The van der Waals surface area contributed by atoms with Crippen LogP contribution in [0.3, 0.4) is 0 Å². The maximum absolute atomic E-state index is 11.6. The van der Waals surface area contributed by atoms with Gasteiger partial charge in [0, 0.05) is 26.7 Å². The highest BCUT2D eigenvalue weighted by Gasteiger charge is 2.32. The third kappa shape index (κ3) is 6.01. The Labute approximate surface area is 159 Å². The van der Waals surface area contributed by atoms with Crippen molar-refractivity contribution in [3.8, 4) is 5.75 Å². The summed E-state index contributed by atoms with van der Waals surface area (Å²) in [4.78, 5) is 14.0. The summed E-state index contributed by atoms with van der Waals surface area (Å²) in [5.41, 5.74) is 3.93. The van der Waals surface area contributed by atoms with E-state index in [0.717, 1.165) is 44.3 Å². The maximum Gasteiger partial charge on any atom is 0.225 e. The van der Waals surface area contributed by atoms with Gasteiger partial charge in [0.1, 0.15) is 5.75 Å². The summed E-state index contributed by atoms with van der Waals surface area (Å²) in [6, 6.07) is 4.32. The number of hydrogen-bond acceptors (Lipinski definition) is 3. The highest BCUT2D eigenvalue weighted by atomic mass is 16.5. The molecule has 0 radical (unpaired) electrons. The number of nitrogens with one attached hydrogen (secondary N) is 1. The number of ether oxygens (including phenoxy) is 1. The molecule has 0 bridgehead atoms. The molecule has 1 heterocycles. The molecule has 4 nitrogen and oxygen atoms in total. The van der Waals surface area contributed by atoms with Gasteiger partial charge in [-0.05, 0) is 55.0 Å². The van der Waals surface area contributed by atoms with Gasteiger partial charge in [-0.3, -0.25) is 9.69 Å². The first-order chi connectivity index (χ1) is 12.4. The smallest absolute Gasteiger partial charge is 0.225 e. The maximum atomic E-state index is 11.6. The van der Waals surface area contributed by atoms with Crippen LogP contribution in [0.4, 0.5) is 0 Å². The summed E-state index contributed by atoms with van der Waals surface area (Å²) >= 11 is 0. The quantitative estimate of drug-likeness (QED) is 0.639. The Morgan fingerprint density at radius 1 is 1.19 bits per heavy atom. The number of likely N-dealkylation sites (tertiary alicyclic amines) is 1. The van der Waals surface area contributed by atoms with E-state index < -0.39 is 0 Å². The number of carbonyl (C=O) groups is 1. The molecule has 1 aromatic rings. The van der Waals surface area contributed by atoms with Crippen LogP contribution < -0.4 is 10.1 Å². The van der Waals surface area contributed by atoms with Crippen molar-refractivity contribution in [3.63, 3.8) is 0 Å². The van der Waals surface area contributed by atoms with Crippen LogP contribution in [0.2, 0.25) is 0 Å². The summed E-state index contributed by atoms with van der Waals surface area (Å²) in [5, 5.41) is 2.74. The molecule has 1 N–H and O–H groups in total. The number of rotatable bonds is 10. The largest absolute Gasteiger partial charge is 0.494 e. The molecule has 0 aromatic heterocycles. The van der Waals surface area contributed by atoms with Crippen molar-refractivity contribution in [2.45, 2.75) is 59.9 Å². The normalized spacial score (nSPS) is 15.2. The van der Waals surface area contributed by atoms with Gasteiger partial charge in [-0.15, -0.1) is 0 Å². The summed E-state index contributed by atoms with van der Waals surface area (Å²) in [6.07, 6.45) is 4.98. The molecule has 1 saturated heterocycles. The van der Waals surface area contributed by atoms with Crippen molar-refractivity contribution < 1.29 is 9.53 Å². The van der Waals surface area contributed by atoms with Crippen LogP contribution in [0.1, 0.15) is 56.2 Å². The van der Waals surface area contributed by atoms with Crippen molar-refractivity contribution in [2.75, 3.05) is 26.7 Å². The fourth-order valence-electron chi connectivity index (χ4n) is 3.60. The molecule has 2 rings (SSSR count). The lowest BCUT2D eigenvalue weighted by molar-refractivity contribution is -0.129. The first kappa shape index (κ1) is 20.8. The van der Waals surface area contributed by atoms with E-state index >= 15 is 0 Å². The number of carbonyl (C=O) groups excluding carboxylic acids is 1. The number of unbranched alkanes of at least 4 members (excludes halogenated alkanes) is 2. The van der Waals surface area contributed by atoms with Crippen molar-refractivity contribution in [1.82, 2.24) is 10.2 Å². The third-order valence-electron chi connectivity index (χ3n) is 5.32. The zero-order valence-corrected chi connectivity index (χ0v) is 17.2. The van der Waals surface area contributed by atoms with Gasteiger partial charge in [0.2, 0.25) is 5.91 Å². The van der Waals surface area contributed by atoms with Crippen molar-refractivity contribution in [2.24, 2.45) is 11.8 Å². The van der Waals surface area contributed by atoms with Crippen molar-refractivity contribution in [1.29, 1.82) is 0 Å². The minimum Gasteiger partial charge on any atom is -0.494 e. The van der Waals surface area contributed by atoms with E-state index in [1.807, 2.05) is 0 Å². The number of hydrogen-bond donors (Lipinski definition) is 1. The van der Waals surface area contributed by atoms with E-state index in [-0.39, 0.29) is 11.8 Å². The molecule has 0 spiro atoms. The summed E-state index contributed by atoms with van der Waals surface area (Å²) < 4.78 is 5.97. The summed E-state index contributed by atoms with van der Waals surface area (Å²) in [5.74, 6) is 2.09. The molecule has 0 unspecified atom stereocenters. The second-order valence-corrected chi connectivity index (χ2v) is 8.13. The van der Waals surface area contributed by atoms with E-state index in [9.17, 15) is 4.79 Å². The van der Waals surface area contributed by atoms with Gasteiger partial charge in [-0.2, -0.15) is 0 Å². The lowest BCUT2D eigenvalue weighted by Gasteiger charge is -2.38. The molecule has 26 heavy (non-hydrogen) atoms. The van der Waals surface area contributed by atoms with Crippen LogP contribution in [-0.4, -0.2) is 37.6 Å². The number of amides is 1. The van der Waals surface area contributed by atoms with Gasteiger partial charge in [-0.25, -0.2) is 0 Å². The highest BCUT2D eigenvalue weighted by molar-refractivity contribution is 5.79. The topological polar surface area (TPSA) is 41.6 Å². The van der Waals surface area contributed by atoms with E-state index in [1.165, 1.54) is 36.0 Å². The molecule has 0 aliphatic carbocycles. The minimum atomic E-state index is 0.152. The third-order valence-corrected chi connectivity index (χ3v) is 5.32. The lowest BCUT2D eigenvalue weighted by atomic mass is 9.95. The predicted molar refractivity (Wildman–Crippen MR) is 108 cm³/mol. The second-order valence-electron chi connectivity index (χ2n) is 8.13. The Morgan fingerprint density at radius 2 is 1.85 bits per heavy atom. The Balaban J connectivity index is 1.78. The molecule has 1 fully saturated rings. The molecule has 4 heteroatoms. The van der Waals surface area contributed by atoms with Crippen LogP contribution in [0.15, 0.2) is 12.1 Å². The lowest BCUT2D eigenvalue weighted by Crippen LogP contribution is -2.52. The first-order valence-corrected chi connectivity index (χ1v) is 10.1. The average molecular weight is 361 g/mol. The second kappa shape index (κ2) is 9.96. The van der Waals surface area contributed by atoms with Crippen LogP contribution >= 0.6 is 0 Å². The summed E-state index contributed by atoms with van der Waals surface area (Å²) in [7, 11) is 1.71. The molecular weight excluding hydrogens is 324 g/mol. The average Bonchev–Trinajstić information content (AvgIpc) is 2.54. The molecular formula is C22H36N2O2. The van der Waals surface area contributed by atoms with Crippen molar-refractivity contribution in [3.05, 3.63) is 28.8 Å². The van der Waals surface area contributed by atoms with E-state index in [1.54, 1.807) is 7.05 Å². The molecule has 1 aliphatic heterocycles. The van der Waals surface area contributed by atoms with Gasteiger partial charge >= 0.3 is 0 Å². The molecule has 0 saturated carbocycles. The van der Waals surface area contributed by atoms with Gasteiger partial charge in [0.15, 0.2) is 0 Å². The van der Waals surface area contributed by atoms with Gasteiger partial charge in [0.05, 0.1) is 12.5 Å². The standard InChI is InChI=1S/C22H36N2O2/c1-16(2)9-7-6-8-10-26-20-11-17(3)21(18(4)12-20)15-24-13-19(14-24)22(25)23-5/h11-12,16,19H,6-10,13-15H2,1-5H3,(H,23,25). The fourth-order valence-corrected chi connectivity index (χ4v) is 3.60. The molecule has 0 atom stereocenters. The van der Waals surface area contributed by atoms with E-state index in [2.05, 4.69) is 50.0 Å². The fraction of sp³-hybridized carbons (Fsp3) is 0.682. The molecule has 1 aliphatic rings. The Kier molecular flexibility index (Phi) is 7.95. The molecule has 1 amide bonds. The zero-order chi connectivity index (χ0) is 19.1. The Hall–Kier alpha value is -1.55. The zero-order valence-electron chi connectivity index (χ0n) is 17.2. The van der Waals surface area contributed by atoms with Crippen LogP contribution in [0, 0.1) is 25.7 Å². The number of nitrogens with zero attached hydrogens (tertiary/aromatic N) is 1. The van der Waals surface area contributed by atoms with Crippen LogP contribution in [0.5, 0.6) is 5.75 Å².